The van der Waals surface area contributed by atoms with Crippen LogP contribution in [-0.2, 0) is 9.53 Å². The van der Waals surface area contributed by atoms with E-state index in [-0.39, 0.29) is 12.0 Å². The van der Waals surface area contributed by atoms with Gasteiger partial charge in [0.15, 0.2) is 11.5 Å². The van der Waals surface area contributed by atoms with E-state index in [0.29, 0.717) is 29.3 Å². The zero-order chi connectivity index (χ0) is 22.5. The molecule has 0 aliphatic heterocycles. The van der Waals surface area contributed by atoms with Crippen LogP contribution in [0, 0.1) is 0 Å². The Hall–Kier alpha value is -3.81. The molecule has 0 fully saturated rings. The molecule has 1 aromatic carbocycles. The number of aromatic hydroxyl groups is 1. The van der Waals surface area contributed by atoms with E-state index < -0.39 is 23.3 Å². The molecule has 0 aliphatic carbocycles. The largest absolute Gasteiger partial charge is 0.493 e. The Morgan fingerprint density at radius 3 is 2.68 bits per heavy atom. The minimum absolute atomic E-state index is 0.00763. The third-order valence-corrected chi connectivity index (χ3v) is 4.76. The van der Waals surface area contributed by atoms with Crippen LogP contribution in [0.15, 0.2) is 59.5 Å². The topological polar surface area (TPSA) is 99.4 Å². The molecule has 2 heterocycles. The molecule has 3 rings (SSSR count). The van der Waals surface area contributed by atoms with Crippen molar-refractivity contribution in [3.63, 3.8) is 0 Å². The van der Waals surface area contributed by atoms with Crippen molar-refractivity contribution in [2.24, 2.45) is 0 Å². The highest BCUT2D eigenvalue weighted by Gasteiger charge is 2.27. The van der Waals surface area contributed by atoms with E-state index >= 15 is 0 Å². The molecule has 162 valence electrons. The fraction of sp³-hybridized carbons (Fsp3) is 0.261. The number of carbonyl (C=O) groups is 1. The average Bonchev–Trinajstić information content (AvgIpc) is 2.76. The number of esters is 1. The molecule has 0 amide bonds. The van der Waals surface area contributed by atoms with Crippen molar-refractivity contribution in [2.45, 2.75) is 19.3 Å². The Morgan fingerprint density at radius 2 is 2.00 bits per heavy atom. The second-order valence-corrected chi connectivity index (χ2v) is 7.07. The summed E-state index contributed by atoms with van der Waals surface area (Å²) >= 11 is 0. The second-order valence-electron chi connectivity index (χ2n) is 7.07. The van der Waals surface area contributed by atoms with Crippen molar-refractivity contribution in [1.29, 1.82) is 0 Å². The number of methoxy groups -OCH3 is 2. The molecule has 3 aromatic rings. The number of ether oxygens (including phenoxy) is 3. The van der Waals surface area contributed by atoms with Gasteiger partial charge in [0.25, 0.3) is 5.56 Å². The molecule has 1 N–H and O–H groups in total. The number of pyridine rings is 1. The highest BCUT2D eigenvalue weighted by atomic mass is 16.5. The van der Waals surface area contributed by atoms with E-state index in [4.69, 9.17) is 14.2 Å². The lowest BCUT2D eigenvalue weighted by Crippen LogP contribution is -2.24. The van der Waals surface area contributed by atoms with Crippen LogP contribution < -0.4 is 15.0 Å². The Labute approximate surface area is 179 Å². The Morgan fingerprint density at radius 1 is 1.23 bits per heavy atom. The van der Waals surface area contributed by atoms with Crippen LogP contribution in [0.1, 0.15) is 30.4 Å². The van der Waals surface area contributed by atoms with E-state index in [0.717, 1.165) is 5.57 Å². The first-order valence-corrected chi connectivity index (χ1v) is 9.57. The summed E-state index contributed by atoms with van der Waals surface area (Å²) in [6.45, 7) is 5.97. The summed E-state index contributed by atoms with van der Waals surface area (Å²) in [7, 11) is 2.76. The monoisotopic (exact) mass is 424 g/mol. The number of rotatable bonds is 8. The molecule has 8 nitrogen and oxygen atoms in total. The number of carbonyl (C=O) groups excluding carboxylic acids is 1. The molecule has 1 atom stereocenters. The highest BCUT2D eigenvalue weighted by Crippen LogP contribution is 2.36. The van der Waals surface area contributed by atoms with Gasteiger partial charge < -0.3 is 19.3 Å². The minimum Gasteiger partial charge on any atom is -0.493 e. The first-order chi connectivity index (χ1) is 14.8. The van der Waals surface area contributed by atoms with Gasteiger partial charge in [0, 0.05) is 12.1 Å². The van der Waals surface area contributed by atoms with Crippen molar-refractivity contribution in [3.8, 4) is 17.4 Å². The Bertz CT molecular complexity index is 1180. The summed E-state index contributed by atoms with van der Waals surface area (Å²) in [5.41, 5.74) is 1.22. The molecular formula is C23H24N2O6. The predicted octanol–water partition coefficient (Wildman–Crippen LogP) is 3.06. The van der Waals surface area contributed by atoms with Crippen LogP contribution in [0.2, 0.25) is 0 Å². The lowest BCUT2D eigenvalue weighted by Gasteiger charge is -2.19. The average molecular weight is 424 g/mol. The van der Waals surface area contributed by atoms with Gasteiger partial charge in [0.1, 0.15) is 12.3 Å². The maximum atomic E-state index is 13.2. The maximum Gasteiger partial charge on any atom is 0.306 e. The fourth-order valence-electron chi connectivity index (χ4n) is 3.25. The van der Waals surface area contributed by atoms with Gasteiger partial charge in [-0.05, 0) is 42.3 Å². The Kier molecular flexibility index (Phi) is 6.59. The molecule has 0 saturated heterocycles. The quantitative estimate of drug-likeness (QED) is 0.438. The van der Waals surface area contributed by atoms with Gasteiger partial charge in [0.05, 0.1) is 26.2 Å². The molecule has 0 aliphatic rings. The van der Waals surface area contributed by atoms with Gasteiger partial charge in [0.2, 0.25) is 5.88 Å². The van der Waals surface area contributed by atoms with Crippen molar-refractivity contribution in [1.82, 2.24) is 9.38 Å². The fourth-order valence-corrected chi connectivity index (χ4v) is 3.25. The number of hydrogen-bond acceptors (Lipinski definition) is 7. The van der Waals surface area contributed by atoms with Gasteiger partial charge in [-0.3, -0.25) is 14.0 Å². The first-order valence-electron chi connectivity index (χ1n) is 9.57. The van der Waals surface area contributed by atoms with E-state index in [1.165, 1.54) is 18.6 Å². The van der Waals surface area contributed by atoms with Crippen molar-refractivity contribution in [2.75, 3.05) is 20.8 Å². The smallest absolute Gasteiger partial charge is 0.306 e. The van der Waals surface area contributed by atoms with Crippen molar-refractivity contribution < 1.29 is 24.1 Å². The third kappa shape index (κ3) is 4.69. The lowest BCUT2D eigenvalue weighted by molar-refractivity contribution is -0.140. The van der Waals surface area contributed by atoms with E-state index in [2.05, 4.69) is 11.6 Å². The van der Waals surface area contributed by atoms with Crippen LogP contribution in [0.3, 0.4) is 0 Å². The molecule has 8 heteroatoms. The van der Waals surface area contributed by atoms with Crippen molar-refractivity contribution in [3.05, 3.63) is 76.2 Å². The summed E-state index contributed by atoms with van der Waals surface area (Å²) in [4.78, 5) is 29.5. The predicted molar refractivity (Wildman–Crippen MR) is 115 cm³/mol. The number of hydrogen-bond donors (Lipinski definition) is 1. The molecule has 0 bridgehead atoms. The number of aromatic nitrogens is 2. The zero-order valence-electron chi connectivity index (χ0n) is 17.6. The van der Waals surface area contributed by atoms with Crippen molar-refractivity contribution >= 4 is 11.6 Å². The Balaban J connectivity index is 2.15. The summed E-state index contributed by atoms with van der Waals surface area (Å²) in [5, 5.41) is 10.6. The molecule has 31 heavy (non-hydrogen) atoms. The molecule has 0 saturated carbocycles. The van der Waals surface area contributed by atoms with Crippen LogP contribution in [0.5, 0.6) is 17.4 Å². The van der Waals surface area contributed by atoms with Crippen LogP contribution in [0.25, 0.3) is 5.65 Å². The molecular weight excluding hydrogens is 400 g/mol. The summed E-state index contributed by atoms with van der Waals surface area (Å²) < 4.78 is 17.3. The summed E-state index contributed by atoms with van der Waals surface area (Å²) in [6.07, 6.45) is 1.38. The number of nitrogens with zero attached hydrogens (tertiary/aromatic N) is 2. The number of fused-ring (bicyclic) bond motifs is 1. The van der Waals surface area contributed by atoms with Gasteiger partial charge in [-0.25, -0.2) is 0 Å². The SMILES string of the molecule is C=C(C)COc1ccc([C@@H](CC(=O)OC)c2c(O)nc3ccccn3c2=O)cc1OC. The van der Waals surface area contributed by atoms with Gasteiger partial charge in [-0.2, -0.15) is 4.98 Å². The van der Waals surface area contributed by atoms with Crippen LogP contribution >= 0.6 is 0 Å². The van der Waals surface area contributed by atoms with Crippen LogP contribution in [0.4, 0.5) is 0 Å². The molecule has 0 unspecified atom stereocenters. The van der Waals surface area contributed by atoms with E-state index in [1.807, 2.05) is 6.92 Å². The molecule has 0 radical (unpaired) electrons. The first kappa shape index (κ1) is 21.9. The van der Waals surface area contributed by atoms with Crippen LogP contribution in [-0.4, -0.2) is 41.3 Å². The number of benzene rings is 1. The van der Waals surface area contributed by atoms with Gasteiger partial charge in [-0.15, -0.1) is 0 Å². The molecule has 0 spiro atoms. The summed E-state index contributed by atoms with van der Waals surface area (Å²) in [6, 6.07) is 10.1. The minimum atomic E-state index is -0.811. The molecule has 2 aromatic heterocycles. The van der Waals surface area contributed by atoms with E-state index in [9.17, 15) is 14.7 Å². The van der Waals surface area contributed by atoms with Gasteiger partial charge >= 0.3 is 5.97 Å². The van der Waals surface area contributed by atoms with Gasteiger partial charge in [-0.1, -0.05) is 18.7 Å². The maximum absolute atomic E-state index is 13.2. The standard InChI is InChI=1S/C23H24N2O6/c1-14(2)13-31-17-9-8-15(11-18(17)29-3)16(12-20(26)30-4)21-22(27)24-19-7-5-6-10-25(19)23(21)28/h5-11,16,27H,1,12-13H2,2-4H3/t16-/m1/s1. The summed E-state index contributed by atoms with van der Waals surface area (Å²) in [5.74, 6) is -0.880. The second kappa shape index (κ2) is 9.34. The normalized spacial score (nSPS) is 11.7. The highest BCUT2D eigenvalue weighted by molar-refractivity contribution is 5.71. The van der Waals surface area contributed by atoms with E-state index in [1.54, 1.807) is 42.6 Å². The third-order valence-electron chi connectivity index (χ3n) is 4.76. The zero-order valence-corrected chi connectivity index (χ0v) is 17.6. The lowest BCUT2D eigenvalue weighted by atomic mass is 9.89.